The first kappa shape index (κ1) is 48.1. The van der Waals surface area contributed by atoms with Crippen LogP contribution in [-0.4, -0.2) is 56.2 Å². The first-order valence-electron chi connectivity index (χ1n) is 21.3. The van der Waals surface area contributed by atoms with Gasteiger partial charge in [0.2, 0.25) is 0 Å². The minimum Gasteiger partial charge on any atom is -0.494 e. The van der Waals surface area contributed by atoms with Gasteiger partial charge < -0.3 is 33.7 Å². The van der Waals surface area contributed by atoms with Crippen LogP contribution in [-0.2, 0) is 19.1 Å². The van der Waals surface area contributed by atoms with Crippen LogP contribution in [0.25, 0.3) is 11.1 Å². The van der Waals surface area contributed by atoms with Crippen LogP contribution in [0, 0.1) is 12.3 Å². The summed E-state index contributed by atoms with van der Waals surface area (Å²) in [5.41, 5.74) is 4.31. The highest BCUT2D eigenvalue weighted by Crippen LogP contribution is 2.30. The second kappa shape index (κ2) is 25.9. The number of benzene rings is 5. The number of nitrogens with one attached hydrogen (secondary N) is 1. The Morgan fingerprint density at radius 1 is 0.523 bits per heavy atom. The first-order valence-corrected chi connectivity index (χ1v) is 21.3. The average molecular weight is 878 g/mol. The van der Waals surface area contributed by atoms with Crippen molar-refractivity contribution in [2.24, 2.45) is 0 Å². The maximum atomic E-state index is 13.6. The van der Waals surface area contributed by atoms with Crippen molar-refractivity contribution in [2.75, 3.05) is 31.7 Å². The lowest BCUT2D eigenvalue weighted by Gasteiger charge is -2.13. The van der Waals surface area contributed by atoms with Gasteiger partial charge in [0.25, 0.3) is 5.91 Å². The predicted octanol–water partition coefficient (Wildman–Crippen LogP) is 10.4. The van der Waals surface area contributed by atoms with Crippen molar-refractivity contribution < 1.29 is 52.4 Å². The summed E-state index contributed by atoms with van der Waals surface area (Å²) >= 11 is 0. The average Bonchev–Trinajstić information content (AvgIpc) is 3.32. The number of carbonyl (C=O) groups is 5. The van der Waals surface area contributed by atoms with E-state index in [9.17, 15) is 24.0 Å². The monoisotopic (exact) mass is 877 g/mol. The zero-order valence-electron chi connectivity index (χ0n) is 36.1. The Morgan fingerprint density at radius 3 is 1.40 bits per heavy atom. The molecule has 4 aromatic carbocycles. The third-order valence-electron chi connectivity index (χ3n) is 9.75. The molecule has 0 saturated heterocycles. The van der Waals surface area contributed by atoms with Crippen LogP contribution in [0.2, 0.25) is 0 Å². The van der Waals surface area contributed by atoms with E-state index in [2.05, 4.69) is 48.7 Å². The van der Waals surface area contributed by atoms with Gasteiger partial charge in [0.05, 0.1) is 43.1 Å². The molecule has 6 rings (SSSR count). The molecule has 0 saturated carbocycles. The molecule has 0 bridgehead atoms. The Bertz CT molecular complexity index is 2410. The zero-order chi connectivity index (χ0) is 46.2. The Kier molecular flexibility index (Phi) is 19.2. The molecule has 0 fully saturated rings. The highest BCUT2D eigenvalue weighted by atomic mass is 16.5. The van der Waals surface area contributed by atoms with Crippen LogP contribution in [0.1, 0.15) is 88.0 Å². The number of ether oxygens (including phenoxy) is 6. The van der Waals surface area contributed by atoms with Crippen molar-refractivity contribution in [1.29, 1.82) is 0 Å². The summed E-state index contributed by atoms with van der Waals surface area (Å²) in [4.78, 5) is 62.1. The number of amides is 1. The van der Waals surface area contributed by atoms with Gasteiger partial charge in [-0.25, -0.2) is 19.2 Å². The second-order valence-electron chi connectivity index (χ2n) is 14.5. The summed E-state index contributed by atoms with van der Waals surface area (Å²) in [6.45, 7) is 8.39. The van der Waals surface area contributed by atoms with Gasteiger partial charge in [-0.1, -0.05) is 43.3 Å². The molecule has 2 aliphatic carbocycles. The molecule has 65 heavy (non-hydrogen) atoms. The second-order valence-corrected chi connectivity index (χ2v) is 14.5. The van der Waals surface area contributed by atoms with Gasteiger partial charge in [-0.05, 0) is 153 Å². The molecule has 0 radical (unpaired) electrons. The summed E-state index contributed by atoms with van der Waals surface area (Å²) in [5, 5.41) is 2.76. The fourth-order valence-corrected chi connectivity index (χ4v) is 6.01. The van der Waals surface area contributed by atoms with Crippen LogP contribution in [0.4, 0.5) is 5.69 Å². The van der Waals surface area contributed by atoms with Gasteiger partial charge in [0, 0.05) is 23.4 Å². The zero-order valence-corrected chi connectivity index (χ0v) is 36.1. The molecule has 0 aliphatic heterocycles. The molecule has 0 aromatic heterocycles. The minimum absolute atomic E-state index is 0.0415. The Hall–Kier alpha value is -7.91. The molecule has 1 amide bonds. The fraction of sp³-hybridized carbons (Fsp3) is 0.226. The molecule has 0 atom stereocenters. The number of unbranched alkanes of at least 4 members (excludes halogenated alkanes) is 6. The van der Waals surface area contributed by atoms with Crippen molar-refractivity contribution in [3.8, 4) is 46.5 Å². The number of esters is 4. The van der Waals surface area contributed by atoms with Crippen LogP contribution < -0.4 is 24.3 Å². The van der Waals surface area contributed by atoms with Crippen LogP contribution >= 0.6 is 0 Å². The number of rotatable bonds is 24. The van der Waals surface area contributed by atoms with Crippen molar-refractivity contribution in [1.82, 2.24) is 0 Å². The molecule has 12 heteroatoms. The van der Waals surface area contributed by atoms with E-state index in [1.165, 1.54) is 29.3 Å². The van der Waals surface area contributed by atoms with Crippen LogP contribution in [0.5, 0.6) is 23.0 Å². The molecule has 0 unspecified atom stereocenters. The third kappa shape index (κ3) is 16.1. The Labute approximate surface area is 379 Å². The quantitative estimate of drug-likeness (QED) is 0.0203. The smallest absolute Gasteiger partial charge is 0.343 e. The van der Waals surface area contributed by atoms with Crippen LogP contribution in [0.15, 0.2) is 141 Å². The minimum atomic E-state index is -0.722. The molecular formula is C53H51NO11. The standard InChI is InChI=1S/C47H47NO11.C6H4/c1-4-34-15-21-37(22-16-34)48-45(51)41-33-40(58-46(52)35-17-23-38(24-18-35)54-29-11-7-9-13-31-56-43(49)5-2)27-28-42(41)59-47(53)36-19-25-39(26-20-36)55-30-12-8-10-14-32-57-44(50)6-3;1-2-6-4-3-5(1)6/h1,5-6,15-28,33H,2-3,7-14,29-32H2,(H,48,51);1-4H. The Morgan fingerprint density at radius 2 is 0.969 bits per heavy atom. The lowest BCUT2D eigenvalue weighted by molar-refractivity contribution is -0.138. The van der Waals surface area contributed by atoms with Crippen LogP contribution in [0.3, 0.4) is 0 Å². The van der Waals surface area contributed by atoms with E-state index in [1.54, 1.807) is 72.8 Å². The van der Waals surface area contributed by atoms with Gasteiger partial charge in [0.1, 0.15) is 23.0 Å². The molecule has 2 aliphatic rings. The number of fused-ring (bicyclic) bond motifs is 1. The van der Waals surface area contributed by atoms with Crippen molar-refractivity contribution >= 4 is 35.5 Å². The van der Waals surface area contributed by atoms with Gasteiger partial charge in [-0.2, -0.15) is 0 Å². The summed E-state index contributed by atoms with van der Waals surface area (Å²) in [6.07, 6.45) is 14.4. The van der Waals surface area contributed by atoms with E-state index in [0.29, 0.717) is 49.2 Å². The van der Waals surface area contributed by atoms with E-state index in [1.807, 2.05) is 0 Å². The number of hydrogen-bond donors (Lipinski definition) is 1. The lowest BCUT2D eigenvalue weighted by Crippen LogP contribution is -2.17. The molecule has 1 N–H and O–H groups in total. The van der Waals surface area contributed by atoms with Crippen molar-refractivity contribution in [3.05, 3.63) is 163 Å². The number of anilines is 1. The van der Waals surface area contributed by atoms with Gasteiger partial charge in [0.15, 0.2) is 0 Å². The number of carbonyl (C=O) groups excluding carboxylic acids is 5. The predicted molar refractivity (Wildman–Crippen MR) is 247 cm³/mol. The third-order valence-corrected chi connectivity index (χ3v) is 9.75. The van der Waals surface area contributed by atoms with E-state index < -0.39 is 29.8 Å². The van der Waals surface area contributed by atoms with Gasteiger partial charge in [-0.3, -0.25) is 4.79 Å². The highest BCUT2D eigenvalue weighted by molar-refractivity contribution is 6.07. The van der Waals surface area contributed by atoms with Gasteiger partial charge >= 0.3 is 23.9 Å². The maximum Gasteiger partial charge on any atom is 0.343 e. The van der Waals surface area contributed by atoms with E-state index >= 15 is 0 Å². The fourth-order valence-electron chi connectivity index (χ4n) is 6.01. The molecule has 0 heterocycles. The normalized spacial score (nSPS) is 10.4. The lowest BCUT2D eigenvalue weighted by atomic mass is 9.95. The van der Waals surface area contributed by atoms with Crippen molar-refractivity contribution in [2.45, 2.75) is 51.4 Å². The summed E-state index contributed by atoms with van der Waals surface area (Å²) in [7, 11) is 0. The first-order chi connectivity index (χ1) is 31.6. The largest absolute Gasteiger partial charge is 0.494 e. The van der Waals surface area contributed by atoms with Crippen molar-refractivity contribution in [3.63, 3.8) is 0 Å². The molecule has 0 spiro atoms. The molecule has 4 aromatic rings. The van der Waals surface area contributed by atoms with E-state index in [0.717, 1.165) is 63.5 Å². The molecule has 334 valence electrons. The molecular weight excluding hydrogens is 827 g/mol. The molecule has 12 nitrogen and oxygen atoms in total. The van der Waals surface area contributed by atoms with E-state index in [4.69, 9.17) is 34.8 Å². The SMILES string of the molecule is C#Cc1ccc(NC(=O)c2cc(OC(=O)c3ccc(OCCCCCCOC(=O)C=C)cc3)ccc2OC(=O)c2ccc(OCCCCCCOC(=O)C=C)cc2)cc1.c1cc2ccc1-2. The Balaban J connectivity index is 0.00000120. The highest BCUT2D eigenvalue weighted by Gasteiger charge is 2.20. The number of hydrogen-bond acceptors (Lipinski definition) is 11. The summed E-state index contributed by atoms with van der Waals surface area (Å²) < 4.78 is 32.8. The topological polar surface area (TPSA) is 153 Å². The number of terminal acetylenes is 1. The maximum absolute atomic E-state index is 13.6. The summed E-state index contributed by atoms with van der Waals surface area (Å²) in [5.74, 6) is 0.760. The van der Waals surface area contributed by atoms with E-state index in [-0.39, 0.29) is 28.2 Å². The summed E-state index contributed by atoms with van der Waals surface area (Å²) in [6, 6.07) is 32.1. The van der Waals surface area contributed by atoms with Gasteiger partial charge in [-0.15, -0.1) is 6.42 Å².